The van der Waals surface area contributed by atoms with Crippen molar-refractivity contribution in [2.75, 3.05) is 27.2 Å². The molecule has 1 saturated heterocycles. The molecule has 0 bridgehead atoms. The molecule has 0 N–H and O–H groups in total. The first kappa shape index (κ1) is 20.8. The van der Waals surface area contributed by atoms with E-state index in [0.29, 0.717) is 13.0 Å². The molecule has 1 amide bonds. The highest BCUT2D eigenvalue weighted by molar-refractivity contribution is 5.84. The van der Waals surface area contributed by atoms with Gasteiger partial charge < -0.3 is 9.64 Å². The topological polar surface area (TPSA) is 49.9 Å². The number of benzene rings is 1. The Morgan fingerprint density at radius 2 is 1.71 bits per heavy atom. The molecule has 2 fully saturated rings. The Morgan fingerprint density at radius 3 is 2.25 bits per heavy atom. The maximum Gasteiger partial charge on any atom is 0.326 e. The Morgan fingerprint density at radius 1 is 1.11 bits per heavy atom. The molecule has 154 valence electrons. The van der Waals surface area contributed by atoms with Crippen LogP contribution in [0.1, 0.15) is 58.4 Å². The summed E-state index contributed by atoms with van der Waals surface area (Å²) in [5.41, 5.74) is 0.843. The van der Waals surface area contributed by atoms with E-state index >= 15 is 0 Å². The second-order valence-electron chi connectivity index (χ2n) is 9.81. The van der Waals surface area contributed by atoms with E-state index in [1.54, 1.807) is 4.90 Å². The summed E-state index contributed by atoms with van der Waals surface area (Å²) in [4.78, 5) is 28.9. The summed E-state index contributed by atoms with van der Waals surface area (Å²) >= 11 is 0. The van der Waals surface area contributed by atoms with Crippen molar-refractivity contribution in [3.05, 3.63) is 35.9 Å². The summed E-state index contributed by atoms with van der Waals surface area (Å²) in [6, 6.07) is 10.7. The van der Waals surface area contributed by atoms with Crippen LogP contribution in [0.25, 0.3) is 0 Å². The van der Waals surface area contributed by atoms with Gasteiger partial charge in [0.2, 0.25) is 5.91 Å². The van der Waals surface area contributed by atoms with Crippen molar-refractivity contribution >= 4 is 11.9 Å². The van der Waals surface area contributed by atoms with Crippen molar-refractivity contribution in [1.82, 2.24) is 9.80 Å². The first-order chi connectivity index (χ1) is 13.1. The number of carbonyl (C=O) groups excluding carboxylic acids is 2. The Bertz CT molecular complexity index is 713. The molecular formula is C23H34N2O3. The fraction of sp³-hybridized carbons (Fsp3) is 0.652. The maximum atomic E-state index is 12.6. The minimum atomic E-state index is -0.524. The second kappa shape index (κ2) is 7.51. The van der Waals surface area contributed by atoms with Crippen LogP contribution in [0.2, 0.25) is 0 Å². The highest BCUT2D eigenvalue weighted by atomic mass is 16.6. The van der Waals surface area contributed by atoms with Gasteiger partial charge in [0.15, 0.2) is 0 Å². The standard InChI is InChI=1S/C23H34N2O3/c1-21(2,3)28-20(27)16-25-17-22(15-19(25)26)11-13-23(14-12-22,24(4)5)18-9-7-6-8-10-18/h6-10H,11-17H2,1-5H3. The van der Waals surface area contributed by atoms with E-state index in [1.165, 1.54) is 5.56 Å². The molecule has 28 heavy (non-hydrogen) atoms. The molecule has 1 aliphatic heterocycles. The zero-order valence-electron chi connectivity index (χ0n) is 18.0. The van der Waals surface area contributed by atoms with Crippen LogP contribution in [0.4, 0.5) is 0 Å². The van der Waals surface area contributed by atoms with E-state index in [9.17, 15) is 9.59 Å². The highest BCUT2D eigenvalue weighted by Gasteiger charge is 2.50. The molecule has 0 radical (unpaired) electrons. The van der Waals surface area contributed by atoms with Gasteiger partial charge in [-0.2, -0.15) is 0 Å². The fourth-order valence-corrected chi connectivity index (χ4v) is 4.93. The number of amides is 1. The van der Waals surface area contributed by atoms with Crippen LogP contribution in [0, 0.1) is 5.41 Å². The molecule has 0 unspecified atom stereocenters. The third-order valence-electron chi connectivity index (χ3n) is 6.45. The minimum Gasteiger partial charge on any atom is -0.459 e. The summed E-state index contributed by atoms with van der Waals surface area (Å²) in [6.07, 6.45) is 4.59. The SMILES string of the molecule is CN(C)C1(c2ccccc2)CCC2(CC1)CC(=O)N(CC(=O)OC(C)(C)C)C2. The number of likely N-dealkylation sites (tertiary alicyclic amines) is 1. The Labute approximate surface area is 169 Å². The van der Waals surface area contributed by atoms with Crippen molar-refractivity contribution in [2.24, 2.45) is 5.41 Å². The van der Waals surface area contributed by atoms with Gasteiger partial charge in [-0.1, -0.05) is 30.3 Å². The number of carbonyl (C=O) groups is 2. The largest absolute Gasteiger partial charge is 0.459 e. The zero-order valence-corrected chi connectivity index (χ0v) is 18.0. The third-order valence-corrected chi connectivity index (χ3v) is 6.45. The minimum absolute atomic E-state index is 0.00656. The predicted octanol–water partition coefficient (Wildman–Crippen LogP) is 3.58. The van der Waals surface area contributed by atoms with Gasteiger partial charge in [0.1, 0.15) is 12.1 Å². The van der Waals surface area contributed by atoms with Gasteiger partial charge in [0.25, 0.3) is 0 Å². The second-order valence-corrected chi connectivity index (χ2v) is 9.81. The van der Waals surface area contributed by atoms with E-state index in [2.05, 4.69) is 49.3 Å². The van der Waals surface area contributed by atoms with Crippen molar-refractivity contribution in [3.63, 3.8) is 0 Å². The molecule has 3 rings (SSSR count). The molecule has 1 aromatic carbocycles. The van der Waals surface area contributed by atoms with Crippen LogP contribution in [0.5, 0.6) is 0 Å². The molecule has 2 aliphatic rings. The number of esters is 1. The van der Waals surface area contributed by atoms with Gasteiger partial charge in [-0.3, -0.25) is 14.5 Å². The smallest absolute Gasteiger partial charge is 0.326 e. The van der Waals surface area contributed by atoms with Gasteiger partial charge >= 0.3 is 5.97 Å². The lowest BCUT2D eigenvalue weighted by molar-refractivity contribution is -0.158. The van der Waals surface area contributed by atoms with Crippen molar-refractivity contribution in [3.8, 4) is 0 Å². The molecule has 0 atom stereocenters. The van der Waals surface area contributed by atoms with Gasteiger partial charge in [-0.15, -0.1) is 0 Å². The average molecular weight is 387 g/mol. The normalized spacial score (nSPS) is 28.2. The van der Waals surface area contributed by atoms with Gasteiger partial charge in [0, 0.05) is 18.5 Å². The molecule has 1 spiro atoms. The lowest BCUT2D eigenvalue weighted by atomic mass is 9.64. The molecular weight excluding hydrogens is 352 g/mol. The van der Waals surface area contributed by atoms with E-state index in [4.69, 9.17) is 4.74 Å². The van der Waals surface area contributed by atoms with Gasteiger partial charge in [-0.05, 0) is 71.5 Å². The maximum absolute atomic E-state index is 12.6. The van der Waals surface area contributed by atoms with Gasteiger partial charge in [-0.25, -0.2) is 0 Å². The Kier molecular flexibility index (Phi) is 5.59. The summed E-state index contributed by atoms with van der Waals surface area (Å²) in [5, 5.41) is 0. The van der Waals surface area contributed by atoms with Gasteiger partial charge in [0.05, 0.1) is 0 Å². The number of hydrogen-bond donors (Lipinski definition) is 0. The van der Waals surface area contributed by atoms with E-state index in [-0.39, 0.29) is 29.4 Å². The summed E-state index contributed by atoms with van der Waals surface area (Å²) in [5.74, 6) is -0.233. The number of rotatable bonds is 4. The Hall–Kier alpha value is -1.88. The summed E-state index contributed by atoms with van der Waals surface area (Å²) in [6.45, 7) is 6.29. The van der Waals surface area contributed by atoms with Crippen LogP contribution in [-0.4, -0.2) is 54.5 Å². The zero-order chi connectivity index (χ0) is 20.6. The van der Waals surface area contributed by atoms with E-state index in [1.807, 2.05) is 20.8 Å². The lowest BCUT2D eigenvalue weighted by Gasteiger charge is -2.48. The van der Waals surface area contributed by atoms with Crippen LogP contribution >= 0.6 is 0 Å². The third kappa shape index (κ3) is 4.24. The van der Waals surface area contributed by atoms with Crippen molar-refractivity contribution in [1.29, 1.82) is 0 Å². The van der Waals surface area contributed by atoms with Crippen molar-refractivity contribution < 1.29 is 14.3 Å². The monoisotopic (exact) mass is 386 g/mol. The van der Waals surface area contributed by atoms with E-state index in [0.717, 1.165) is 25.7 Å². The van der Waals surface area contributed by atoms with Crippen LogP contribution < -0.4 is 0 Å². The summed E-state index contributed by atoms with van der Waals surface area (Å²) in [7, 11) is 4.30. The molecule has 1 heterocycles. The number of ether oxygens (including phenoxy) is 1. The quantitative estimate of drug-likeness (QED) is 0.742. The van der Waals surface area contributed by atoms with Crippen LogP contribution in [0.15, 0.2) is 30.3 Å². The molecule has 5 nitrogen and oxygen atoms in total. The predicted molar refractivity (Wildman–Crippen MR) is 110 cm³/mol. The lowest BCUT2D eigenvalue weighted by Crippen LogP contribution is -2.47. The van der Waals surface area contributed by atoms with E-state index < -0.39 is 5.60 Å². The van der Waals surface area contributed by atoms with Crippen LogP contribution in [-0.2, 0) is 19.9 Å². The average Bonchev–Trinajstić information content (AvgIpc) is 2.90. The first-order valence-corrected chi connectivity index (χ1v) is 10.3. The molecule has 1 aromatic rings. The van der Waals surface area contributed by atoms with Crippen molar-refractivity contribution in [2.45, 2.75) is 64.0 Å². The molecule has 0 aromatic heterocycles. The molecule has 1 saturated carbocycles. The fourth-order valence-electron chi connectivity index (χ4n) is 4.93. The first-order valence-electron chi connectivity index (χ1n) is 10.3. The Balaban J connectivity index is 1.68. The number of hydrogen-bond acceptors (Lipinski definition) is 4. The molecule has 1 aliphatic carbocycles. The highest BCUT2D eigenvalue weighted by Crippen LogP contribution is 2.52. The summed E-state index contributed by atoms with van der Waals surface area (Å²) < 4.78 is 5.41. The molecule has 5 heteroatoms. The van der Waals surface area contributed by atoms with Crippen LogP contribution in [0.3, 0.4) is 0 Å². The number of nitrogens with zero attached hydrogens (tertiary/aromatic N) is 2.